The molecule has 0 atom stereocenters. The van der Waals surface area contributed by atoms with Gasteiger partial charge in [0.1, 0.15) is 10.6 Å². The first-order valence-corrected chi connectivity index (χ1v) is 7.02. The number of ether oxygens (including phenoxy) is 3. The van der Waals surface area contributed by atoms with Crippen LogP contribution >= 0.6 is 11.3 Å². The highest BCUT2D eigenvalue weighted by Gasteiger charge is 2.22. The summed E-state index contributed by atoms with van der Waals surface area (Å²) in [5, 5.41) is 0.721. The van der Waals surface area contributed by atoms with E-state index in [1.807, 2.05) is 0 Å². The number of nitrogens with zero attached hydrogens (tertiary/aromatic N) is 3. The monoisotopic (exact) mass is 309 g/mol. The maximum atomic E-state index is 12.0. The van der Waals surface area contributed by atoms with Crippen LogP contribution in [0, 0.1) is 6.92 Å². The van der Waals surface area contributed by atoms with Gasteiger partial charge in [0.25, 0.3) is 0 Å². The molecule has 112 valence electrons. The smallest absolute Gasteiger partial charge is 0.350 e. The number of aromatic nitrogens is 3. The predicted molar refractivity (Wildman–Crippen MR) is 76.9 cm³/mol. The minimum atomic E-state index is -0.441. The summed E-state index contributed by atoms with van der Waals surface area (Å²) in [6, 6.07) is 1.55. The molecular formula is C13H15N3O4S. The second-order valence-electron chi connectivity index (χ2n) is 3.91. The van der Waals surface area contributed by atoms with Crippen LogP contribution in [0.15, 0.2) is 6.07 Å². The lowest BCUT2D eigenvalue weighted by Crippen LogP contribution is -2.05. The SMILES string of the molecule is CCOC(=O)c1sc(C)nc1-c1nc(OC)cc(OC)n1. The van der Waals surface area contributed by atoms with Crippen LogP contribution in [0.5, 0.6) is 11.8 Å². The third-order valence-corrected chi connectivity index (χ3v) is 3.45. The summed E-state index contributed by atoms with van der Waals surface area (Å²) in [6.45, 7) is 3.84. The largest absolute Gasteiger partial charge is 0.481 e. The van der Waals surface area contributed by atoms with E-state index in [9.17, 15) is 4.79 Å². The van der Waals surface area contributed by atoms with Crippen LogP contribution in [0.2, 0.25) is 0 Å². The summed E-state index contributed by atoms with van der Waals surface area (Å²) in [7, 11) is 2.98. The molecule has 0 radical (unpaired) electrons. The van der Waals surface area contributed by atoms with E-state index in [0.717, 1.165) is 5.01 Å². The zero-order valence-corrected chi connectivity index (χ0v) is 13.0. The Bertz CT molecular complexity index is 635. The van der Waals surface area contributed by atoms with Crippen LogP contribution in [0.3, 0.4) is 0 Å². The lowest BCUT2D eigenvalue weighted by molar-refractivity contribution is 0.0532. The van der Waals surface area contributed by atoms with Gasteiger partial charge in [-0.1, -0.05) is 0 Å². The van der Waals surface area contributed by atoms with Gasteiger partial charge in [-0.3, -0.25) is 0 Å². The summed E-state index contributed by atoms with van der Waals surface area (Å²) < 4.78 is 15.2. The zero-order valence-electron chi connectivity index (χ0n) is 12.2. The summed E-state index contributed by atoms with van der Waals surface area (Å²) >= 11 is 1.24. The normalized spacial score (nSPS) is 10.3. The lowest BCUT2D eigenvalue weighted by Gasteiger charge is -2.06. The van der Waals surface area contributed by atoms with Gasteiger partial charge >= 0.3 is 5.97 Å². The van der Waals surface area contributed by atoms with Crippen molar-refractivity contribution in [3.63, 3.8) is 0 Å². The van der Waals surface area contributed by atoms with Crippen molar-refractivity contribution in [2.75, 3.05) is 20.8 Å². The van der Waals surface area contributed by atoms with Crippen molar-refractivity contribution in [3.05, 3.63) is 16.0 Å². The number of esters is 1. The van der Waals surface area contributed by atoms with Crippen molar-refractivity contribution in [2.45, 2.75) is 13.8 Å². The number of hydrogen-bond donors (Lipinski definition) is 0. The van der Waals surface area contributed by atoms with Crippen LogP contribution in [0.4, 0.5) is 0 Å². The first-order chi connectivity index (χ1) is 10.1. The quantitative estimate of drug-likeness (QED) is 0.782. The van der Waals surface area contributed by atoms with E-state index in [1.54, 1.807) is 19.9 Å². The minimum absolute atomic E-state index is 0.263. The molecule has 0 aliphatic heterocycles. The van der Waals surface area contributed by atoms with Crippen molar-refractivity contribution in [3.8, 4) is 23.3 Å². The highest BCUT2D eigenvalue weighted by molar-refractivity contribution is 7.14. The molecule has 0 aliphatic carbocycles. The highest BCUT2D eigenvalue weighted by atomic mass is 32.1. The highest BCUT2D eigenvalue weighted by Crippen LogP contribution is 2.29. The van der Waals surface area contributed by atoms with Crippen LogP contribution in [0.25, 0.3) is 11.5 Å². The molecule has 2 heterocycles. The molecule has 0 unspecified atom stereocenters. The van der Waals surface area contributed by atoms with Gasteiger partial charge in [0.2, 0.25) is 11.8 Å². The van der Waals surface area contributed by atoms with Gasteiger partial charge < -0.3 is 14.2 Å². The van der Waals surface area contributed by atoms with Gasteiger partial charge in [-0.05, 0) is 13.8 Å². The van der Waals surface area contributed by atoms with E-state index in [1.165, 1.54) is 25.6 Å². The molecule has 21 heavy (non-hydrogen) atoms. The van der Waals surface area contributed by atoms with Gasteiger partial charge in [0.05, 0.1) is 31.9 Å². The number of rotatable bonds is 5. The summed E-state index contributed by atoms with van der Waals surface area (Å²) in [6.07, 6.45) is 0. The van der Waals surface area contributed by atoms with Gasteiger partial charge in [0, 0.05) is 0 Å². The van der Waals surface area contributed by atoms with E-state index in [-0.39, 0.29) is 12.4 Å². The van der Waals surface area contributed by atoms with Crippen LogP contribution in [-0.2, 0) is 4.74 Å². The third kappa shape index (κ3) is 3.27. The topological polar surface area (TPSA) is 83.4 Å². The van der Waals surface area contributed by atoms with Crippen LogP contribution in [0.1, 0.15) is 21.6 Å². The van der Waals surface area contributed by atoms with Crippen molar-refractivity contribution < 1.29 is 19.0 Å². The fourth-order valence-corrected chi connectivity index (χ4v) is 2.44. The Morgan fingerprint density at radius 2 is 1.81 bits per heavy atom. The van der Waals surface area contributed by atoms with E-state index < -0.39 is 5.97 Å². The number of carbonyl (C=O) groups excluding carboxylic acids is 1. The van der Waals surface area contributed by atoms with Gasteiger partial charge in [-0.25, -0.2) is 9.78 Å². The zero-order chi connectivity index (χ0) is 15.4. The molecule has 0 N–H and O–H groups in total. The molecule has 0 amide bonds. The fraction of sp³-hybridized carbons (Fsp3) is 0.385. The molecule has 0 saturated carbocycles. The molecule has 2 aromatic rings. The van der Waals surface area contributed by atoms with Crippen molar-refractivity contribution in [2.24, 2.45) is 0 Å². The van der Waals surface area contributed by atoms with Crippen molar-refractivity contribution in [1.29, 1.82) is 0 Å². The van der Waals surface area contributed by atoms with Gasteiger partial charge in [0.15, 0.2) is 5.82 Å². The Hall–Kier alpha value is -2.22. The van der Waals surface area contributed by atoms with E-state index in [0.29, 0.717) is 22.3 Å². The molecule has 2 rings (SSSR count). The van der Waals surface area contributed by atoms with Crippen LogP contribution in [-0.4, -0.2) is 41.7 Å². The lowest BCUT2D eigenvalue weighted by atomic mass is 10.3. The number of thiazole rings is 1. The van der Waals surface area contributed by atoms with E-state index in [4.69, 9.17) is 14.2 Å². The number of carbonyl (C=O) groups is 1. The van der Waals surface area contributed by atoms with Crippen LogP contribution < -0.4 is 9.47 Å². The maximum Gasteiger partial charge on any atom is 0.350 e. The first kappa shape index (κ1) is 15.2. The maximum absolute atomic E-state index is 12.0. The fourth-order valence-electron chi connectivity index (χ4n) is 1.63. The molecule has 8 heteroatoms. The summed E-state index contributed by atoms with van der Waals surface area (Å²) in [5.74, 6) is 0.483. The molecule has 0 bridgehead atoms. The average Bonchev–Trinajstić information content (AvgIpc) is 2.89. The molecule has 0 spiro atoms. The molecule has 0 aromatic carbocycles. The predicted octanol–water partition coefficient (Wildman–Crippen LogP) is 2.10. The standard InChI is InChI=1S/C13H15N3O4S/c1-5-20-13(17)11-10(14-7(2)21-11)12-15-8(18-3)6-9(16-12)19-4/h6H,5H2,1-4H3. The molecule has 2 aromatic heterocycles. The van der Waals surface area contributed by atoms with E-state index in [2.05, 4.69) is 15.0 Å². The Morgan fingerprint density at radius 3 is 2.33 bits per heavy atom. The number of hydrogen-bond acceptors (Lipinski definition) is 8. The van der Waals surface area contributed by atoms with E-state index >= 15 is 0 Å². The molecule has 0 fully saturated rings. The Kier molecular flexibility index (Phi) is 4.69. The number of aryl methyl sites for hydroxylation is 1. The molecule has 0 aliphatic rings. The Labute approximate surface area is 125 Å². The van der Waals surface area contributed by atoms with Gasteiger partial charge in [-0.2, -0.15) is 9.97 Å². The molecular weight excluding hydrogens is 294 g/mol. The van der Waals surface area contributed by atoms with Gasteiger partial charge in [-0.15, -0.1) is 11.3 Å². The average molecular weight is 309 g/mol. The summed E-state index contributed by atoms with van der Waals surface area (Å²) in [4.78, 5) is 25.1. The molecule has 7 nitrogen and oxygen atoms in total. The van der Waals surface area contributed by atoms with Crippen molar-refractivity contribution >= 4 is 17.3 Å². The van der Waals surface area contributed by atoms with Crippen molar-refractivity contribution in [1.82, 2.24) is 15.0 Å². The number of methoxy groups -OCH3 is 2. The second kappa shape index (κ2) is 6.49. The summed E-state index contributed by atoms with van der Waals surface area (Å²) in [5.41, 5.74) is 0.369. The third-order valence-electron chi connectivity index (χ3n) is 2.50. The minimum Gasteiger partial charge on any atom is -0.481 e. The molecule has 0 saturated heterocycles. The Balaban J connectivity index is 2.53. The second-order valence-corrected chi connectivity index (χ2v) is 5.11. The Morgan fingerprint density at radius 1 is 1.19 bits per heavy atom. The first-order valence-electron chi connectivity index (χ1n) is 6.21.